The fraction of sp³-hybridized carbons (Fsp3) is 0.806. The van der Waals surface area contributed by atoms with Crippen LogP contribution in [0.4, 0.5) is 0 Å². The normalized spacial score (nSPS) is 32.8. The molecule has 3 saturated heterocycles. The Morgan fingerprint density at radius 1 is 0.837 bits per heavy atom. The molecule has 3 fully saturated rings. The van der Waals surface area contributed by atoms with Gasteiger partial charge >= 0.3 is 5.97 Å². The van der Waals surface area contributed by atoms with Crippen molar-refractivity contribution in [2.75, 3.05) is 19.0 Å². The summed E-state index contributed by atoms with van der Waals surface area (Å²) in [6.45, 7) is 30.0. The minimum Gasteiger partial charge on any atom is -0.460 e. The zero-order chi connectivity index (χ0) is 37.2. The zero-order valence-corrected chi connectivity index (χ0v) is 34.5. The average Bonchev–Trinajstić information content (AvgIpc) is 2.96. The van der Waals surface area contributed by atoms with Crippen LogP contribution in [0.1, 0.15) is 115 Å². The molecular formula is C36H64N3O7PS2. The van der Waals surface area contributed by atoms with E-state index in [-0.39, 0.29) is 35.2 Å². The van der Waals surface area contributed by atoms with Gasteiger partial charge in [0.2, 0.25) is 0 Å². The number of carbonyl (C=O) groups is 1. The Morgan fingerprint density at radius 2 is 1.41 bits per heavy atom. The number of nitrogens with zero attached hydrogens (tertiary/aromatic N) is 3. The minimum atomic E-state index is -2.58. The summed E-state index contributed by atoms with van der Waals surface area (Å²) in [5, 5.41) is 30.3. The maximum Gasteiger partial charge on any atom is 0.333 e. The summed E-state index contributed by atoms with van der Waals surface area (Å²) >= 11 is 3.56. The Kier molecular flexibility index (Phi) is 13.9. The van der Waals surface area contributed by atoms with E-state index in [0.29, 0.717) is 30.1 Å². The molecule has 3 rings (SSSR count). The van der Waals surface area contributed by atoms with Crippen LogP contribution in [0, 0.1) is 0 Å². The van der Waals surface area contributed by atoms with E-state index in [1.54, 1.807) is 24.9 Å². The van der Waals surface area contributed by atoms with Gasteiger partial charge in [-0.05, 0) is 126 Å². The van der Waals surface area contributed by atoms with E-state index in [0.717, 1.165) is 25.0 Å². The third-order valence-corrected chi connectivity index (χ3v) is 14.4. The van der Waals surface area contributed by atoms with Crippen molar-refractivity contribution in [3.8, 4) is 0 Å². The molecule has 2 N–H and O–H groups in total. The van der Waals surface area contributed by atoms with Gasteiger partial charge in [0.1, 0.15) is 12.9 Å². The summed E-state index contributed by atoms with van der Waals surface area (Å²) in [5.74, 6) is 0.252. The number of ether oxygens (including phenoxy) is 1. The van der Waals surface area contributed by atoms with Gasteiger partial charge in [0, 0.05) is 44.1 Å². The van der Waals surface area contributed by atoms with Gasteiger partial charge in [-0.2, -0.15) is 21.9 Å². The highest BCUT2D eigenvalue weighted by Gasteiger charge is 2.65. The molecule has 0 aromatic heterocycles. The Morgan fingerprint density at radius 3 is 1.98 bits per heavy atom. The van der Waals surface area contributed by atoms with Crippen LogP contribution in [0.2, 0.25) is 0 Å². The van der Waals surface area contributed by atoms with Crippen LogP contribution in [-0.4, -0.2) is 99.9 Å². The lowest BCUT2D eigenvalue weighted by molar-refractivity contribution is -0.339. The van der Waals surface area contributed by atoms with Crippen LogP contribution in [0.15, 0.2) is 36.5 Å². The molecule has 3 heterocycles. The van der Waals surface area contributed by atoms with Crippen LogP contribution < -0.4 is 0 Å². The number of piperidine rings is 3. The Labute approximate surface area is 305 Å². The second-order valence-electron chi connectivity index (χ2n) is 17.1. The fourth-order valence-electron chi connectivity index (χ4n) is 8.60. The first kappa shape index (κ1) is 42.6. The molecule has 0 aromatic rings. The molecule has 282 valence electrons. The molecule has 0 aromatic carbocycles. The summed E-state index contributed by atoms with van der Waals surface area (Å²) < 4.78 is 24.8. The van der Waals surface area contributed by atoms with Crippen LogP contribution >= 0.6 is 31.6 Å². The van der Waals surface area contributed by atoms with Gasteiger partial charge in [-0.25, -0.2) is 4.79 Å². The molecule has 0 amide bonds. The molecule has 49 heavy (non-hydrogen) atoms. The first-order valence-corrected chi connectivity index (χ1v) is 20.8. The predicted molar refractivity (Wildman–Crippen MR) is 202 cm³/mol. The van der Waals surface area contributed by atoms with Crippen molar-refractivity contribution in [1.29, 1.82) is 0 Å². The van der Waals surface area contributed by atoms with Crippen LogP contribution in [0.3, 0.4) is 0 Å². The number of hydroxylamine groups is 6. The van der Waals surface area contributed by atoms with Crippen molar-refractivity contribution in [1.82, 2.24) is 15.2 Å². The molecule has 5 unspecified atom stereocenters. The molecule has 0 bridgehead atoms. The lowest BCUT2D eigenvalue weighted by atomic mass is 9.64. The lowest BCUT2D eigenvalue weighted by Gasteiger charge is -2.65. The van der Waals surface area contributed by atoms with E-state index in [9.17, 15) is 19.8 Å². The molecule has 5 atom stereocenters. The maximum atomic E-state index is 13.8. The van der Waals surface area contributed by atoms with Gasteiger partial charge in [-0.15, -0.1) is 16.8 Å². The number of rotatable bonds is 14. The summed E-state index contributed by atoms with van der Waals surface area (Å²) in [6.07, 6.45) is 8.01. The topological polar surface area (TPSA) is 112 Å². The maximum absolute atomic E-state index is 13.8. The summed E-state index contributed by atoms with van der Waals surface area (Å²) in [6, 6.07) is 0. The smallest absolute Gasteiger partial charge is 0.333 e. The van der Waals surface area contributed by atoms with Gasteiger partial charge < -0.3 is 24.5 Å². The average molecular weight is 746 g/mol. The van der Waals surface area contributed by atoms with Crippen molar-refractivity contribution in [2.45, 2.75) is 164 Å². The van der Waals surface area contributed by atoms with Gasteiger partial charge in [0.25, 0.3) is 0 Å². The molecule has 10 nitrogen and oxygen atoms in total. The van der Waals surface area contributed by atoms with Crippen molar-refractivity contribution in [3.05, 3.63) is 36.5 Å². The molecule has 0 spiro atoms. The van der Waals surface area contributed by atoms with Crippen LogP contribution in [0.25, 0.3) is 0 Å². The van der Waals surface area contributed by atoms with Gasteiger partial charge in [-0.1, -0.05) is 13.2 Å². The van der Waals surface area contributed by atoms with Crippen molar-refractivity contribution in [2.24, 2.45) is 0 Å². The van der Waals surface area contributed by atoms with Crippen LogP contribution in [-0.2, 0) is 23.5 Å². The quantitative estimate of drug-likeness (QED) is 0.0585. The number of thioether (sulfide) groups is 2. The zero-order valence-electron chi connectivity index (χ0n) is 31.8. The van der Waals surface area contributed by atoms with Gasteiger partial charge in [0.05, 0.1) is 23.2 Å². The van der Waals surface area contributed by atoms with Gasteiger partial charge in [0.15, 0.2) is 8.03 Å². The second-order valence-corrected chi connectivity index (χ2v) is 21.4. The molecule has 0 saturated carbocycles. The highest BCUT2D eigenvalue weighted by Crippen LogP contribution is 2.57. The second kappa shape index (κ2) is 16.0. The Bertz CT molecular complexity index is 1240. The van der Waals surface area contributed by atoms with E-state index in [4.69, 9.17) is 14.1 Å². The monoisotopic (exact) mass is 745 g/mol. The molecule has 0 radical (unpaired) electrons. The van der Waals surface area contributed by atoms with E-state index in [1.807, 2.05) is 28.3 Å². The lowest BCUT2D eigenvalue weighted by Crippen LogP contribution is -2.78. The van der Waals surface area contributed by atoms with Crippen molar-refractivity contribution < 1.29 is 33.9 Å². The predicted octanol–water partition coefficient (Wildman–Crippen LogP) is 8.46. The first-order valence-electron chi connectivity index (χ1n) is 17.4. The number of esters is 1. The standard InChI is InChI=1S/C36H64N3O7PS2/c1-14-48-29-24-33(8,9)38(42)35(12,25-29)36(13)21-27(47(43)46-18-17-44-30(40)26(2)3)20-34(10,11)39(36)45-16-15-19-49-28-22-31(4,5)37(41)32(6,7)23-28/h14-16,27-29,41-42,47H,1-2,17-25H2,3-13H3/b16-15-. The highest BCUT2D eigenvalue weighted by molar-refractivity contribution is 8.02. The summed E-state index contributed by atoms with van der Waals surface area (Å²) in [4.78, 5) is 18.4. The van der Waals surface area contributed by atoms with E-state index in [2.05, 4.69) is 82.4 Å². The Hall–Kier alpha value is -0.820. The summed E-state index contributed by atoms with van der Waals surface area (Å²) in [5.41, 5.74) is -3.34. The highest BCUT2D eigenvalue weighted by atomic mass is 32.2. The Balaban J connectivity index is 1.86. The van der Waals surface area contributed by atoms with Crippen LogP contribution in [0.5, 0.6) is 0 Å². The fourth-order valence-corrected chi connectivity index (χ4v) is 13.1. The number of carbonyl (C=O) groups excluding carboxylic acids is 1. The first-order chi connectivity index (χ1) is 22.4. The third-order valence-electron chi connectivity index (χ3n) is 10.8. The number of hydrogen-bond acceptors (Lipinski definition) is 12. The third kappa shape index (κ3) is 9.60. The number of hydrogen-bond donors (Lipinski definition) is 2. The molecule has 3 aliphatic heterocycles. The minimum absolute atomic E-state index is 0.00158. The van der Waals surface area contributed by atoms with E-state index < -0.39 is 36.2 Å². The van der Waals surface area contributed by atoms with Crippen molar-refractivity contribution in [3.63, 3.8) is 0 Å². The van der Waals surface area contributed by atoms with E-state index in [1.165, 1.54) is 10.1 Å². The summed E-state index contributed by atoms with van der Waals surface area (Å²) in [7, 11) is -2.58. The van der Waals surface area contributed by atoms with Gasteiger partial charge in [-0.3, -0.25) is 4.57 Å². The molecule has 0 aliphatic carbocycles. The van der Waals surface area contributed by atoms with Crippen molar-refractivity contribution >= 4 is 37.5 Å². The molecule has 3 aliphatic rings. The molecular weight excluding hydrogens is 682 g/mol. The molecule has 13 heteroatoms. The SMILES string of the molecule is C=CSC1CC(C)(C)N(O)C(C)(C2(C)CC([PH](=O)OCCOC(=O)C(=C)C)CC(C)(C)N2O/C=C\CSC2CC(C)(C)N(O)C(C)(C)C2)C1. The largest absolute Gasteiger partial charge is 0.460 e. The van der Waals surface area contributed by atoms with E-state index >= 15 is 0 Å².